The number of esters is 1. The summed E-state index contributed by atoms with van der Waals surface area (Å²) in [6.45, 7) is 4.56. The molecule has 0 radical (unpaired) electrons. The lowest BCUT2D eigenvalue weighted by Gasteiger charge is -2.11. The van der Waals surface area contributed by atoms with Crippen LogP contribution in [-0.4, -0.2) is 12.6 Å². The van der Waals surface area contributed by atoms with E-state index in [1.165, 1.54) is 0 Å². The van der Waals surface area contributed by atoms with Crippen LogP contribution in [0.3, 0.4) is 0 Å². The number of hydrogen-bond donors (Lipinski definition) is 0. The summed E-state index contributed by atoms with van der Waals surface area (Å²) in [5, 5.41) is 0. The molecule has 0 heterocycles. The van der Waals surface area contributed by atoms with Crippen LogP contribution in [0.4, 0.5) is 0 Å². The van der Waals surface area contributed by atoms with Crippen molar-refractivity contribution in [1.29, 1.82) is 0 Å². The topological polar surface area (TPSA) is 35.5 Å². The third-order valence-corrected chi connectivity index (χ3v) is 3.35. The third kappa shape index (κ3) is 4.33. The molecule has 0 saturated carbocycles. The molecule has 0 aliphatic carbocycles. The molecule has 0 fully saturated rings. The number of carbonyl (C=O) groups is 1. The Labute approximate surface area is 133 Å². The molecule has 0 spiro atoms. The highest BCUT2D eigenvalue weighted by Crippen LogP contribution is 2.25. The molecule has 0 bridgehead atoms. The number of hydrogen-bond acceptors (Lipinski definition) is 3. The van der Waals surface area contributed by atoms with Crippen LogP contribution >= 0.6 is 15.9 Å². The Morgan fingerprint density at radius 3 is 2.52 bits per heavy atom. The summed E-state index contributed by atoms with van der Waals surface area (Å²) >= 11 is 3.36. The maximum absolute atomic E-state index is 12.3. The molecule has 0 aromatic heterocycles. The van der Waals surface area contributed by atoms with Crippen molar-refractivity contribution in [1.82, 2.24) is 0 Å². The van der Waals surface area contributed by atoms with Crippen molar-refractivity contribution in [3.05, 3.63) is 58.1 Å². The van der Waals surface area contributed by atoms with Crippen molar-refractivity contribution in [2.24, 2.45) is 0 Å². The van der Waals surface area contributed by atoms with Crippen molar-refractivity contribution in [2.75, 3.05) is 6.61 Å². The van der Waals surface area contributed by atoms with Crippen LogP contribution in [0.5, 0.6) is 11.5 Å². The predicted octanol–water partition coefficient (Wildman–Crippen LogP) is 4.77. The van der Waals surface area contributed by atoms with Crippen LogP contribution in [0.2, 0.25) is 0 Å². The summed E-state index contributed by atoms with van der Waals surface area (Å²) in [4.78, 5) is 12.3. The normalized spacial score (nSPS) is 10.2. The van der Waals surface area contributed by atoms with Gasteiger partial charge in [0, 0.05) is 4.47 Å². The largest absolute Gasteiger partial charge is 0.493 e. The first-order chi connectivity index (χ1) is 10.1. The fourth-order valence-electron chi connectivity index (χ4n) is 1.77. The Morgan fingerprint density at radius 2 is 1.86 bits per heavy atom. The number of rotatable bonds is 5. The van der Waals surface area contributed by atoms with Crippen LogP contribution in [0.1, 0.15) is 29.3 Å². The Hall–Kier alpha value is -1.81. The van der Waals surface area contributed by atoms with Crippen LogP contribution in [0, 0.1) is 6.92 Å². The van der Waals surface area contributed by atoms with Crippen LogP contribution < -0.4 is 9.47 Å². The summed E-state index contributed by atoms with van der Waals surface area (Å²) < 4.78 is 11.8. The van der Waals surface area contributed by atoms with Gasteiger partial charge in [0.15, 0.2) is 0 Å². The van der Waals surface area contributed by atoms with Crippen molar-refractivity contribution in [3.63, 3.8) is 0 Å². The predicted molar refractivity (Wildman–Crippen MR) is 86.1 cm³/mol. The van der Waals surface area contributed by atoms with Crippen LogP contribution in [0.25, 0.3) is 0 Å². The highest BCUT2D eigenvalue weighted by atomic mass is 79.9. The molecule has 0 atom stereocenters. The van der Waals surface area contributed by atoms with Gasteiger partial charge in [0.05, 0.1) is 6.61 Å². The molecule has 0 aliphatic rings. The smallest absolute Gasteiger partial charge is 0.347 e. The van der Waals surface area contributed by atoms with E-state index >= 15 is 0 Å². The van der Waals surface area contributed by atoms with E-state index in [1.54, 1.807) is 24.3 Å². The summed E-state index contributed by atoms with van der Waals surface area (Å²) in [5.74, 6) is 0.635. The lowest BCUT2D eigenvalue weighted by atomic mass is 10.2. The molecule has 0 saturated heterocycles. The number of aryl methyl sites for hydroxylation is 1. The Balaban J connectivity index is 2.20. The molecule has 2 aromatic carbocycles. The van der Waals surface area contributed by atoms with E-state index in [1.807, 2.05) is 32.0 Å². The fourth-order valence-corrected chi connectivity index (χ4v) is 2.13. The van der Waals surface area contributed by atoms with E-state index in [9.17, 15) is 4.79 Å². The number of benzene rings is 2. The van der Waals surface area contributed by atoms with E-state index < -0.39 is 5.97 Å². The molecule has 4 heteroatoms. The Bertz CT molecular complexity index is 620. The van der Waals surface area contributed by atoms with Crippen molar-refractivity contribution in [2.45, 2.75) is 20.3 Å². The quantitative estimate of drug-likeness (QED) is 0.576. The minimum absolute atomic E-state index is 0.415. The zero-order valence-electron chi connectivity index (χ0n) is 12.1. The highest BCUT2D eigenvalue weighted by molar-refractivity contribution is 9.10. The van der Waals surface area contributed by atoms with Gasteiger partial charge < -0.3 is 9.47 Å². The summed E-state index contributed by atoms with van der Waals surface area (Å²) in [5.41, 5.74) is 1.53. The summed E-state index contributed by atoms with van der Waals surface area (Å²) in [7, 11) is 0. The third-order valence-electron chi connectivity index (χ3n) is 2.85. The van der Waals surface area contributed by atoms with Crippen molar-refractivity contribution >= 4 is 21.9 Å². The number of carbonyl (C=O) groups excluding carboxylic acids is 1. The molecule has 0 aliphatic heterocycles. The molecule has 2 rings (SSSR count). The summed E-state index contributed by atoms with van der Waals surface area (Å²) in [6, 6.07) is 12.7. The monoisotopic (exact) mass is 348 g/mol. The van der Waals surface area contributed by atoms with E-state index in [0.717, 1.165) is 16.5 Å². The van der Waals surface area contributed by atoms with Gasteiger partial charge in [0.1, 0.15) is 17.1 Å². The first kappa shape index (κ1) is 15.6. The van der Waals surface area contributed by atoms with Gasteiger partial charge >= 0.3 is 5.97 Å². The number of halogens is 1. The van der Waals surface area contributed by atoms with Crippen molar-refractivity contribution in [3.8, 4) is 11.5 Å². The van der Waals surface area contributed by atoms with Gasteiger partial charge in [-0.05, 0) is 43.7 Å². The molecule has 110 valence electrons. The molecule has 0 unspecified atom stereocenters. The standard InChI is InChI=1S/C17H17BrO3/c1-3-10-20-16-9-6-13(18)11-15(16)17(19)21-14-7-4-12(2)5-8-14/h4-9,11H,3,10H2,1-2H3. The molecule has 21 heavy (non-hydrogen) atoms. The van der Waals surface area contributed by atoms with Gasteiger partial charge in [-0.2, -0.15) is 0 Å². The molecule has 0 amide bonds. The average molecular weight is 349 g/mol. The van der Waals surface area contributed by atoms with Gasteiger partial charge in [-0.25, -0.2) is 4.79 Å². The number of ether oxygens (including phenoxy) is 2. The van der Waals surface area contributed by atoms with Gasteiger partial charge in [0.2, 0.25) is 0 Å². The van der Waals surface area contributed by atoms with Gasteiger partial charge in [-0.3, -0.25) is 0 Å². The highest BCUT2D eigenvalue weighted by Gasteiger charge is 2.15. The van der Waals surface area contributed by atoms with Crippen molar-refractivity contribution < 1.29 is 14.3 Å². The minimum Gasteiger partial charge on any atom is -0.493 e. The first-order valence-electron chi connectivity index (χ1n) is 6.81. The second-order valence-electron chi connectivity index (χ2n) is 4.69. The zero-order valence-corrected chi connectivity index (χ0v) is 13.6. The maximum Gasteiger partial charge on any atom is 0.347 e. The van der Waals surface area contributed by atoms with E-state index in [4.69, 9.17) is 9.47 Å². The Kier molecular flexibility index (Phi) is 5.39. The van der Waals surface area contributed by atoms with Gasteiger partial charge in [0.25, 0.3) is 0 Å². The molecule has 0 N–H and O–H groups in total. The molecular weight excluding hydrogens is 332 g/mol. The molecule has 3 nitrogen and oxygen atoms in total. The molecule has 2 aromatic rings. The van der Waals surface area contributed by atoms with Gasteiger partial charge in [-0.15, -0.1) is 0 Å². The second kappa shape index (κ2) is 7.27. The van der Waals surface area contributed by atoms with Gasteiger partial charge in [-0.1, -0.05) is 40.5 Å². The minimum atomic E-state index is -0.425. The average Bonchev–Trinajstić information content (AvgIpc) is 2.48. The zero-order chi connectivity index (χ0) is 15.2. The summed E-state index contributed by atoms with van der Waals surface area (Å²) in [6.07, 6.45) is 0.877. The Morgan fingerprint density at radius 1 is 1.14 bits per heavy atom. The van der Waals surface area contributed by atoms with Crippen LogP contribution in [0.15, 0.2) is 46.9 Å². The lowest BCUT2D eigenvalue weighted by Crippen LogP contribution is -2.11. The van der Waals surface area contributed by atoms with Crippen LogP contribution in [-0.2, 0) is 0 Å². The SMILES string of the molecule is CCCOc1ccc(Br)cc1C(=O)Oc1ccc(C)cc1. The fraction of sp³-hybridized carbons (Fsp3) is 0.235. The first-order valence-corrected chi connectivity index (χ1v) is 7.60. The van der Waals surface area contributed by atoms with E-state index in [-0.39, 0.29) is 0 Å². The lowest BCUT2D eigenvalue weighted by molar-refractivity contribution is 0.0730. The van der Waals surface area contributed by atoms with E-state index in [2.05, 4.69) is 15.9 Å². The molecular formula is C17H17BrO3. The van der Waals surface area contributed by atoms with E-state index in [0.29, 0.717) is 23.7 Å². The second-order valence-corrected chi connectivity index (χ2v) is 5.61. The maximum atomic E-state index is 12.3.